The molecular formula is C26H28N2O4. The number of nitrogens with zero attached hydrogens (tertiary/aromatic N) is 1. The summed E-state index contributed by atoms with van der Waals surface area (Å²) in [7, 11) is 0. The van der Waals surface area contributed by atoms with Gasteiger partial charge in [-0.25, -0.2) is 4.79 Å². The summed E-state index contributed by atoms with van der Waals surface area (Å²) in [5.41, 5.74) is 1.86. The number of pyridine rings is 1. The van der Waals surface area contributed by atoms with Crippen molar-refractivity contribution in [3.63, 3.8) is 0 Å². The first-order valence-corrected chi connectivity index (χ1v) is 10.7. The van der Waals surface area contributed by atoms with Crippen molar-refractivity contribution in [2.75, 3.05) is 6.61 Å². The molecule has 6 nitrogen and oxygen atoms in total. The molecule has 0 fully saturated rings. The number of ether oxygens (including phenoxy) is 2. The topological polar surface area (TPSA) is 77.5 Å². The SMILES string of the molecule is CCOc1ccc(C(=O)NC(C(=O)OC(c2ccccc2)c2ccccn2)C(C)C)cc1. The molecule has 1 N–H and O–H groups in total. The van der Waals surface area contributed by atoms with Crippen molar-refractivity contribution >= 4 is 11.9 Å². The minimum Gasteiger partial charge on any atom is -0.494 e. The Morgan fingerprint density at radius 3 is 2.22 bits per heavy atom. The molecule has 1 amide bonds. The zero-order valence-corrected chi connectivity index (χ0v) is 18.5. The molecule has 2 unspecified atom stereocenters. The quantitative estimate of drug-likeness (QED) is 0.501. The van der Waals surface area contributed by atoms with Crippen molar-refractivity contribution < 1.29 is 19.1 Å². The molecule has 2 atom stereocenters. The summed E-state index contributed by atoms with van der Waals surface area (Å²) in [6, 6.07) is 20.9. The predicted octanol–water partition coefficient (Wildman–Crippen LogP) is 4.57. The van der Waals surface area contributed by atoms with Gasteiger partial charge in [0.2, 0.25) is 0 Å². The van der Waals surface area contributed by atoms with Gasteiger partial charge in [0.15, 0.2) is 6.10 Å². The van der Waals surface area contributed by atoms with Crippen molar-refractivity contribution in [3.8, 4) is 5.75 Å². The molecule has 0 saturated carbocycles. The number of nitrogens with one attached hydrogen (secondary N) is 1. The van der Waals surface area contributed by atoms with Crippen LogP contribution in [0.1, 0.15) is 48.5 Å². The zero-order valence-electron chi connectivity index (χ0n) is 18.5. The van der Waals surface area contributed by atoms with E-state index in [0.29, 0.717) is 23.6 Å². The molecule has 1 aromatic heterocycles. The third kappa shape index (κ3) is 5.94. The van der Waals surface area contributed by atoms with Gasteiger partial charge in [-0.15, -0.1) is 0 Å². The molecule has 0 radical (unpaired) electrons. The van der Waals surface area contributed by atoms with Gasteiger partial charge in [0.05, 0.1) is 12.3 Å². The molecule has 0 aliphatic rings. The van der Waals surface area contributed by atoms with Crippen LogP contribution in [0.5, 0.6) is 5.75 Å². The van der Waals surface area contributed by atoms with E-state index in [1.165, 1.54) is 0 Å². The van der Waals surface area contributed by atoms with Gasteiger partial charge >= 0.3 is 5.97 Å². The summed E-state index contributed by atoms with van der Waals surface area (Å²) < 4.78 is 11.3. The fourth-order valence-corrected chi connectivity index (χ4v) is 3.24. The first-order valence-electron chi connectivity index (χ1n) is 10.7. The Balaban J connectivity index is 1.77. The third-order valence-corrected chi connectivity index (χ3v) is 4.93. The first-order chi connectivity index (χ1) is 15.5. The largest absolute Gasteiger partial charge is 0.494 e. The standard InChI is InChI=1S/C26H28N2O4/c1-4-31-21-15-13-20(14-16-21)25(29)28-23(18(2)3)26(30)32-24(19-10-6-5-7-11-19)22-12-8-9-17-27-22/h5-18,23-24H,4H2,1-3H3,(H,28,29). The maximum atomic E-state index is 13.2. The molecule has 166 valence electrons. The van der Waals surface area contributed by atoms with Gasteiger partial charge < -0.3 is 14.8 Å². The van der Waals surface area contributed by atoms with Crippen LogP contribution in [0.2, 0.25) is 0 Å². The number of benzene rings is 2. The van der Waals surface area contributed by atoms with Gasteiger partial charge in [-0.05, 0) is 54.8 Å². The average molecular weight is 433 g/mol. The van der Waals surface area contributed by atoms with Gasteiger partial charge in [0, 0.05) is 11.8 Å². The van der Waals surface area contributed by atoms with Crippen LogP contribution in [0.3, 0.4) is 0 Å². The molecule has 3 aromatic rings. The van der Waals surface area contributed by atoms with Crippen LogP contribution in [0.15, 0.2) is 79.0 Å². The Morgan fingerprint density at radius 1 is 0.938 bits per heavy atom. The second-order valence-electron chi connectivity index (χ2n) is 7.63. The summed E-state index contributed by atoms with van der Waals surface area (Å²) in [6.45, 7) is 6.17. The molecule has 0 spiro atoms. The first kappa shape index (κ1) is 23.0. The number of esters is 1. The lowest BCUT2D eigenvalue weighted by atomic mass is 10.0. The summed E-state index contributed by atoms with van der Waals surface area (Å²) in [5.74, 6) is -0.351. The Hall–Kier alpha value is -3.67. The van der Waals surface area contributed by atoms with Crippen LogP contribution in [0.25, 0.3) is 0 Å². The molecule has 3 rings (SSSR count). The van der Waals surface area contributed by atoms with E-state index in [1.807, 2.05) is 63.2 Å². The van der Waals surface area contributed by atoms with E-state index in [2.05, 4.69) is 10.3 Å². The number of carbonyl (C=O) groups excluding carboxylic acids is 2. The molecule has 32 heavy (non-hydrogen) atoms. The van der Waals surface area contributed by atoms with Crippen LogP contribution < -0.4 is 10.1 Å². The van der Waals surface area contributed by atoms with E-state index in [9.17, 15) is 9.59 Å². The summed E-state index contributed by atoms with van der Waals surface area (Å²) in [6.07, 6.45) is 0.987. The van der Waals surface area contributed by atoms with Crippen molar-refractivity contribution in [1.82, 2.24) is 10.3 Å². The van der Waals surface area contributed by atoms with Crippen molar-refractivity contribution in [3.05, 3.63) is 95.8 Å². The van der Waals surface area contributed by atoms with E-state index >= 15 is 0 Å². The molecule has 0 saturated heterocycles. The van der Waals surface area contributed by atoms with E-state index in [-0.39, 0.29) is 11.8 Å². The number of carbonyl (C=O) groups is 2. The van der Waals surface area contributed by atoms with E-state index < -0.39 is 18.1 Å². The highest BCUT2D eigenvalue weighted by Gasteiger charge is 2.30. The molecule has 2 aromatic carbocycles. The minimum atomic E-state index is -0.816. The monoisotopic (exact) mass is 432 g/mol. The normalized spacial score (nSPS) is 12.6. The highest BCUT2D eigenvalue weighted by atomic mass is 16.5. The lowest BCUT2D eigenvalue weighted by Crippen LogP contribution is -2.45. The second kappa shape index (κ2) is 11.1. The third-order valence-electron chi connectivity index (χ3n) is 4.93. The molecule has 0 aliphatic heterocycles. The maximum Gasteiger partial charge on any atom is 0.329 e. The maximum absolute atomic E-state index is 13.2. The molecule has 0 aliphatic carbocycles. The van der Waals surface area contributed by atoms with Gasteiger partial charge in [0.25, 0.3) is 5.91 Å². The fraction of sp³-hybridized carbons (Fsp3) is 0.269. The Kier molecular flexibility index (Phi) is 7.97. The highest BCUT2D eigenvalue weighted by Crippen LogP contribution is 2.25. The second-order valence-corrected chi connectivity index (χ2v) is 7.63. The molecule has 0 bridgehead atoms. The number of rotatable bonds is 9. The van der Waals surface area contributed by atoms with E-state index in [4.69, 9.17) is 9.47 Å². The number of aromatic nitrogens is 1. The van der Waals surface area contributed by atoms with Gasteiger partial charge in [-0.1, -0.05) is 50.2 Å². The molecule has 6 heteroatoms. The number of hydrogen-bond acceptors (Lipinski definition) is 5. The van der Waals surface area contributed by atoms with Crippen molar-refractivity contribution in [2.24, 2.45) is 5.92 Å². The van der Waals surface area contributed by atoms with Crippen molar-refractivity contribution in [2.45, 2.75) is 32.9 Å². The van der Waals surface area contributed by atoms with E-state index in [1.54, 1.807) is 36.5 Å². The summed E-state index contributed by atoms with van der Waals surface area (Å²) in [5, 5.41) is 2.82. The number of amides is 1. The van der Waals surface area contributed by atoms with Crippen LogP contribution in [0.4, 0.5) is 0 Å². The van der Waals surface area contributed by atoms with E-state index in [0.717, 1.165) is 5.56 Å². The highest BCUT2D eigenvalue weighted by molar-refractivity contribution is 5.97. The minimum absolute atomic E-state index is 0.172. The Bertz CT molecular complexity index is 966. The molecular weight excluding hydrogens is 404 g/mol. The zero-order chi connectivity index (χ0) is 22.9. The number of hydrogen-bond donors (Lipinski definition) is 1. The average Bonchev–Trinajstić information content (AvgIpc) is 2.82. The lowest BCUT2D eigenvalue weighted by Gasteiger charge is -2.25. The lowest BCUT2D eigenvalue weighted by molar-refractivity contribution is -0.151. The van der Waals surface area contributed by atoms with Crippen molar-refractivity contribution in [1.29, 1.82) is 0 Å². The van der Waals surface area contributed by atoms with Crippen LogP contribution in [0, 0.1) is 5.92 Å². The van der Waals surface area contributed by atoms with Crippen LogP contribution >= 0.6 is 0 Å². The summed E-state index contributed by atoms with van der Waals surface area (Å²) in [4.78, 5) is 30.3. The van der Waals surface area contributed by atoms with Gasteiger partial charge in [-0.2, -0.15) is 0 Å². The van der Waals surface area contributed by atoms with Crippen LogP contribution in [-0.2, 0) is 9.53 Å². The fourth-order valence-electron chi connectivity index (χ4n) is 3.24. The Morgan fingerprint density at radius 2 is 1.62 bits per heavy atom. The van der Waals surface area contributed by atoms with Gasteiger partial charge in [-0.3, -0.25) is 9.78 Å². The van der Waals surface area contributed by atoms with Gasteiger partial charge in [0.1, 0.15) is 11.8 Å². The smallest absolute Gasteiger partial charge is 0.329 e. The summed E-state index contributed by atoms with van der Waals surface area (Å²) >= 11 is 0. The predicted molar refractivity (Wildman–Crippen MR) is 122 cm³/mol. The molecule has 1 heterocycles. The Labute approximate surface area is 188 Å². The van der Waals surface area contributed by atoms with Crippen LogP contribution in [-0.4, -0.2) is 29.5 Å².